The molecule has 0 aliphatic rings. The zero-order valence-corrected chi connectivity index (χ0v) is 19.2. The number of carbonyl (C=O) groups excluding carboxylic acids is 1. The number of phenolic OH excluding ortho intramolecular Hbond substituents is 2. The van der Waals surface area contributed by atoms with Gasteiger partial charge in [-0.2, -0.15) is 26.3 Å². The number of carbonyl (C=O) groups is 1. The molecular weight excluding hydrogens is 514 g/mol. The lowest BCUT2D eigenvalue weighted by Gasteiger charge is -2.21. The maximum atomic E-state index is 14.1. The number of rotatable bonds is 4. The Hall–Kier alpha value is -4.67. The fraction of sp³-hybridized carbons (Fsp3) is 0.0741. The van der Waals surface area contributed by atoms with Crippen LogP contribution in [-0.4, -0.2) is 16.0 Å². The van der Waals surface area contributed by atoms with E-state index in [1.165, 1.54) is 12.1 Å². The first-order chi connectivity index (χ1) is 17.7. The van der Waals surface area contributed by atoms with Gasteiger partial charge in [-0.05, 0) is 58.7 Å². The second-order valence-electron chi connectivity index (χ2n) is 8.33. The maximum Gasteiger partial charge on any atom is 0.417 e. The number of alkyl halides is 6. The van der Waals surface area contributed by atoms with Gasteiger partial charge in [-0.25, -0.2) is 0 Å². The predicted molar refractivity (Wildman–Crippen MR) is 129 cm³/mol. The number of anilines is 2. The van der Waals surface area contributed by atoms with Crippen LogP contribution in [0.1, 0.15) is 27.0 Å². The molecule has 0 radical (unpaired) electrons. The minimum absolute atomic E-state index is 0.0327. The van der Waals surface area contributed by atoms with Crippen LogP contribution < -0.4 is 11.5 Å². The van der Waals surface area contributed by atoms with E-state index in [9.17, 15) is 41.4 Å². The van der Waals surface area contributed by atoms with Gasteiger partial charge in [0.1, 0.15) is 11.5 Å². The van der Waals surface area contributed by atoms with Crippen LogP contribution in [0.5, 0.6) is 11.5 Å². The van der Waals surface area contributed by atoms with Gasteiger partial charge in [0.25, 0.3) is 0 Å². The summed E-state index contributed by atoms with van der Waals surface area (Å²) in [6.07, 6.45) is -10.2. The molecule has 0 atom stereocenters. The Bertz CT molecular complexity index is 1450. The van der Waals surface area contributed by atoms with Gasteiger partial charge < -0.3 is 21.7 Å². The van der Waals surface area contributed by atoms with Crippen molar-refractivity contribution in [1.82, 2.24) is 0 Å². The second-order valence-corrected chi connectivity index (χ2v) is 8.33. The molecule has 0 unspecified atom stereocenters. The van der Waals surface area contributed by atoms with Crippen molar-refractivity contribution in [2.75, 3.05) is 11.5 Å². The highest BCUT2D eigenvalue weighted by Gasteiger charge is 2.41. The van der Waals surface area contributed by atoms with Gasteiger partial charge in [-0.15, -0.1) is 0 Å². The number of nitrogen functional groups attached to an aromatic ring is 2. The van der Waals surface area contributed by atoms with Crippen molar-refractivity contribution < 1.29 is 41.4 Å². The fourth-order valence-electron chi connectivity index (χ4n) is 4.12. The first kappa shape index (κ1) is 26.4. The van der Waals surface area contributed by atoms with Gasteiger partial charge in [-0.3, -0.25) is 4.79 Å². The van der Waals surface area contributed by atoms with Gasteiger partial charge in [0.2, 0.25) is 0 Å². The molecule has 0 saturated heterocycles. The van der Waals surface area contributed by atoms with Crippen LogP contribution in [-0.2, 0) is 12.4 Å². The molecule has 4 rings (SSSR count). The zero-order chi connectivity index (χ0) is 28.0. The van der Waals surface area contributed by atoms with Crippen LogP contribution in [0.2, 0.25) is 0 Å². The number of benzene rings is 4. The Morgan fingerprint density at radius 3 is 1.29 bits per heavy atom. The molecule has 0 aliphatic carbocycles. The molecule has 11 heteroatoms. The highest BCUT2D eigenvalue weighted by Crippen LogP contribution is 2.43. The lowest BCUT2D eigenvalue weighted by atomic mass is 9.84. The molecule has 0 amide bonds. The van der Waals surface area contributed by atoms with Crippen LogP contribution in [0.25, 0.3) is 22.3 Å². The molecule has 6 N–H and O–H groups in total. The van der Waals surface area contributed by atoms with E-state index >= 15 is 0 Å². The van der Waals surface area contributed by atoms with E-state index in [1.807, 2.05) is 0 Å². The Morgan fingerprint density at radius 1 is 0.605 bits per heavy atom. The van der Waals surface area contributed by atoms with Gasteiger partial charge >= 0.3 is 12.4 Å². The molecule has 38 heavy (non-hydrogen) atoms. The van der Waals surface area contributed by atoms with E-state index in [0.717, 1.165) is 48.5 Å². The van der Waals surface area contributed by atoms with Gasteiger partial charge in [-0.1, -0.05) is 36.4 Å². The predicted octanol–water partition coefficient (Wildman–Crippen LogP) is 6.86. The fourth-order valence-corrected chi connectivity index (χ4v) is 4.12. The molecule has 0 spiro atoms. The van der Waals surface area contributed by atoms with Crippen molar-refractivity contribution in [2.45, 2.75) is 12.4 Å². The minimum atomic E-state index is -5.11. The average Bonchev–Trinajstić information content (AvgIpc) is 2.85. The van der Waals surface area contributed by atoms with E-state index in [1.54, 1.807) is 0 Å². The summed E-state index contributed by atoms with van der Waals surface area (Å²) in [6, 6.07) is 12.3. The summed E-state index contributed by atoms with van der Waals surface area (Å²) in [5.41, 5.74) is 5.22. The highest BCUT2D eigenvalue weighted by atomic mass is 19.4. The van der Waals surface area contributed by atoms with Crippen molar-refractivity contribution in [2.24, 2.45) is 0 Å². The topological polar surface area (TPSA) is 110 Å². The molecule has 4 aromatic rings. The Balaban J connectivity index is 2.10. The van der Waals surface area contributed by atoms with Gasteiger partial charge in [0, 0.05) is 11.1 Å². The second kappa shape index (κ2) is 9.33. The SMILES string of the molecule is Nc1cc(-c2cccc(C(F)(F)F)c2C(=O)c2c(-c3ccc(O)c(N)c3)cccc2C(F)(F)F)ccc1O. The standard InChI is InChI=1S/C27H18F6N2O3/c28-26(29,30)17-5-1-3-15(13-7-9-21(36)19(34)11-13)23(17)25(38)24-16(4-2-6-18(24)27(31,32)33)14-8-10-22(37)20(35)12-14/h1-12,36-37H,34-35H2. The summed E-state index contributed by atoms with van der Waals surface area (Å²) in [4.78, 5) is 13.9. The molecule has 5 nitrogen and oxygen atoms in total. The minimum Gasteiger partial charge on any atom is -0.506 e. The maximum absolute atomic E-state index is 14.1. The Kier molecular flexibility index (Phi) is 6.48. The molecule has 0 aliphatic heterocycles. The molecule has 0 heterocycles. The third kappa shape index (κ3) is 4.82. The number of hydrogen-bond acceptors (Lipinski definition) is 5. The normalized spacial score (nSPS) is 11.9. The molecule has 4 aromatic carbocycles. The number of halogens is 6. The first-order valence-electron chi connectivity index (χ1n) is 10.8. The summed E-state index contributed by atoms with van der Waals surface area (Å²) in [5, 5.41) is 19.5. The third-order valence-electron chi connectivity index (χ3n) is 5.87. The summed E-state index contributed by atoms with van der Waals surface area (Å²) in [5.74, 6) is -2.29. The largest absolute Gasteiger partial charge is 0.506 e. The van der Waals surface area contributed by atoms with Crippen molar-refractivity contribution in [3.05, 3.63) is 95.1 Å². The molecule has 0 saturated carbocycles. The number of nitrogens with two attached hydrogens (primary N) is 2. The van der Waals surface area contributed by atoms with E-state index in [2.05, 4.69) is 0 Å². The summed E-state index contributed by atoms with van der Waals surface area (Å²) < 4.78 is 84.8. The average molecular weight is 532 g/mol. The number of ketones is 1. The quantitative estimate of drug-likeness (QED) is 0.0993. The van der Waals surface area contributed by atoms with Crippen molar-refractivity contribution in [3.63, 3.8) is 0 Å². The zero-order valence-electron chi connectivity index (χ0n) is 19.2. The van der Waals surface area contributed by atoms with E-state index in [4.69, 9.17) is 11.5 Å². The van der Waals surface area contributed by atoms with Crippen molar-refractivity contribution in [3.8, 4) is 33.8 Å². The molecule has 0 aromatic heterocycles. The van der Waals surface area contributed by atoms with Crippen LogP contribution in [0.3, 0.4) is 0 Å². The summed E-state index contributed by atoms with van der Waals surface area (Å²) in [7, 11) is 0. The number of hydrogen-bond donors (Lipinski definition) is 4. The summed E-state index contributed by atoms with van der Waals surface area (Å²) >= 11 is 0. The number of aromatic hydroxyl groups is 2. The number of phenols is 2. The Morgan fingerprint density at radius 2 is 0.974 bits per heavy atom. The Labute approximate surface area is 211 Å². The lowest BCUT2D eigenvalue weighted by molar-refractivity contribution is -0.138. The van der Waals surface area contributed by atoms with Crippen molar-refractivity contribution >= 4 is 17.2 Å². The monoisotopic (exact) mass is 532 g/mol. The first-order valence-corrected chi connectivity index (χ1v) is 10.8. The van der Waals surface area contributed by atoms with Crippen LogP contribution >= 0.6 is 0 Å². The summed E-state index contributed by atoms with van der Waals surface area (Å²) in [6.45, 7) is 0. The van der Waals surface area contributed by atoms with Gasteiger partial charge in [0.15, 0.2) is 5.78 Å². The van der Waals surface area contributed by atoms with Crippen molar-refractivity contribution in [1.29, 1.82) is 0 Å². The van der Waals surface area contributed by atoms with E-state index < -0.39 is 40.4 Å². The van der Waals surface area contributed by atoms with Gasteiger partial charge in [0.05, 0.1) is 22.5 Å². The van der Waals surface area contributed by atoms with Crippen LogP contribution in [0, 0.1) is 0 Å². The third-order valence-corrected chi connectivity index (χ3v) is 5.87. The molecule has 0 bridgehead atoms. The van der Waals surface area contributed by atoms with Crippen LogP contribution in [0.15, 0.2) is 72.8 Å². The van der Waals surface area contributed by atoms with E-state index in [-0.39, 0.29) is 45.1 Å². The van der Waals surface area contributed by atoms with E-state index in [0.29, 0.717) is 12.1 Å². The molecule has 196 valence electrons. The lowest BCUT2D eigenvalue weighted by Crippen LogP contribution is -2.20. The molecular formula is C27H18F6N2O3. The molecule has 0 fully saturated rings. The smallest absolute Gasteiger partial charge is 0.417 e. The van der Waals surface area contributed by atoms with Crippen LogP contribution in [0.4, 0.5) is 37.7 Å². The highest BCUT2D eigenvalue weighted by molar-refractivity contribution is 6.18.